The normalized spacial score (nSPS) is 21.7. The predicted molar refractivity (Wildman–Crippen MR) is 108 cm³/mol. The van der Waals surface area contributed by atoms with Crippen LogP contribution >= 0.6 is 0 Å². The Hall–Kier alpha value is -2.00. The lowest BCUT2D eigenvalue weighted by atomic mass is 9.84. The van der Waals surface area contributed by atoms with Gasteiger partial charge in [-0.1, -0.05) is 6.42 Å². The van der Waals surface area contributed by atoms with Crippen LogP contribution < -0.4 is 15.8 Å². The molecule has 2 heterocycles. The minimum atomic E-state index is -4.70. The maximum absolute atomic E-state index is 12.3. The number of benzene rings is 1. The van der Waals surface area contributed by atoms with Crippen LogP contribution in [-0.4, -0.2) is 67.4 Å². The molecule has 0 unspecified atom stereocenters. The highest BCUT2D eigenvalue weighted by Gasteiger charge is 2.39. The lowest BCUT2D eigenvalue weighted by molar-refractivity contribution is -0.274. The average molecular weight is 413 g/mol. The Kier molecular flexibility index (Phi) is 6.89. The molecule has 9 heteroatoms. The number of hydrogen-bond acceptors (Lipinski definition) is 4. The second-order valence-electron chi connectivity index (χ2n) is 7.97. The monoisotopic (exact) mass is 413 g/mol. The van der Waals surface area contributed by atoms with Crippen LogP contribution in [0.4, 0.5) is 18.9 Å². The topological polar surface area (TPSA) is 66.1 Å². The van der Waals surface area contributed by atoms with Crippen LogP contribution in [0.5, 0.6) is 5.75 Å². The molecule has 1 aromatic rings. The van der Waals surface area contributed by atoms with E-state index >= 15 is 0 Å². The fourth-order valence-corrected chi connectivity index (χ4v) is 4.14. The van der Waals surface area contributed by atoms with Gasteiger partial charge in [-0.25, -0.2) is 0 Å². The van der Waals surface area contributed by atoms with Gasteiger partial charge in [0.25, 0.3) is 0 Å². The van der Waals surface area contributed by atoms with E-state index in [2.05, 4.69) is 31.9 Å². The highest BCUT2D eigenvalue weighted by molar-refractivity contribution is 5.92. The van der Waals surface area contributed by atoms with Crippen LogP contribution in [0, 0.1) is 0 Å². The maximum atomic E-state index is 12.3. The summed E-state index contributed by atoms with van der Waals surface area (Å²) in [5, 5.41) is 2.96. The average Bonchev–Trinajstić information content (AvgIpc) is 2.69. The summed E-state index contributed by atoms with van der Waals surface area (Å²) in [6, 6.07) is 5.46. The lowest BCUT2D eigenvalue weighted by Crippen LogP contribution is -2.58. The van der Waals surface area contributed by atoms with Gasteiger partial charge in [0.1, 0.15) is 5.75 Å². The van der Waals surface area contributed by atoms with E-state index < -0.39 is 6.36 Å². The standard InChI is InChI=1S/C20H30F3N5O/c1-27-13-9-19(10-14-27,28-11-3-2-4-12-28)15-25-18(24)26-16-5-7-17(8-6-16)29-20(21,22)23/h5-8H,2-4,9-15H2,1H3,(H3,24,25,26). The lowest BCUT2D eigenvalue weighted by Gasteiger charge is -2.49. The Morgan fingerprint density at radius 1 is 1.10 bits per heavy atom. The van der Waals surface area contributed by atoms with E-state index in [1.54, 1.807) is 0 Å². The summed E-state index contributed by atoms with van der Waals surface area (Å²) in [5.41, 5.74) is 6.67. The van der Waals surface area contributed by atoms with Crippen molar-refractivity contribution in [2.24, 2.45) is 10.7 Å². The number of hydrogen-bond donors (Lipinski definition) is 2. The highest BCUT2D eigenvalue weighted by atomic mass is 19.4. The number of nitrogens with zero attached hydrogens (tertiary/aromatic N) is 3. The second-order valence-corrected chi connectivity index (χ2v) is 7.97. The number of likely N-dealkylation sites (tertiary alicyclic amines) is 2. The molecule has 2 fully saturated rings. The van der Waals surface area contributed by atoms with E-state index in [4.69, 9.17) is 5.73 Å². The van der Waals surface area contributed by atoms with Crippen molar-refractivity contribution in [1.29, 1.82) is 0 Å². The molecular weight excluding hydrogens is 383 g/mol. The first-order valence-electron chi connectivity index (χ1n) is 10.1. The van der Waals surface area contributed by atoms with Crippen LogP contribution in [0.1, 0.15) is 32.1 Å². The van der Waals surface area contributed by atoms with Gasteiger partial charge in [0.15, 0.2) is 5.96 Å². The van der Waals surface area contributed by atoms with Gasteiger partial charge < -0.3 is 20.7 Å². The summed E-state index contributed by atoms with van der Waals surface area (Å²) in [5.74, 6) is -0.00117. The van der Waals surface area contributed by atoms with Gasteiger partial charge in [0.2, 0.25) is 0 Å². The van der Waals surface area contributed by atoms with Gasteiger partial charge in [0.05, 0.1) is 6.54 Å². The molecule has 0 atom stereocenters. The summed E-state index contributed by atoms with van der Waals surface area (Å²) in [4.78, 5) is 9.54. The minimum Gasteiger partial charge on any atom is -0.406 e. The fraction of sp³-hybridized carbons (Fsp3) is 0.650. The number of nitrogens with two attached hydrogens (primary N) is 1. The molecule has 0 bridgehead atoms. The number of piperidine rings is 2. The molecule has 3 rings (SSSR count). The van der Waals surface area contributed by atoms with E-state index in [0.29, 0.717) is 12.2 Å². The fourth-order valence-electron chi connectivity index (χ4n) is 4.14. The Morgan fingerprint density at radius 2 is 1.72 bits per heavy atom. The second kappa shape index (κ2) is 9.21. The molecule has 0 aromatic heterocycles. The molecule has 0 amide bonds. The van der Waals surface area contributed by atoms with Gasteiger partial charge in [-0.3, -0.25) is 9.89 Å². The zero-order valence-electron chi connectivity index (χ0n) is 16.8. The Labute approximate surface area is 169 Å². The van der Waals surface area contributed by atoms with Gasteiger partial charge in [0, 0.05) is 11.2 Å². The minimum absolute atomic E-state index is 0.0314. The van der Waals surface area contributed by atoms with E-state index in [-0.39, 0.29) is 17.2 Å². The van der Waals surface area contributed by atoms with Crippen molar-refractivity contribution < 1.29 is 17.9 Å². The first-order chi connectivity index (χ1) is 13.8. The zero-order chi connectivity index (χ0) is 20.9. The first kappa shape index (κ1) is 21.7. The number of halogens is 3. The third-order valence-electron chi connectivity index (χ3n) is 5.85. The number of guanidine groups is 1. The van der Waals surface area contributed by atoms with Gasteiger partial charge in [-0.05, 0) is 83.2 Å². The predicted octanol–water partition coefficient (Wildman–Crippen LogP) is 3.26. The third-order valence-corrected chi connectivity index (χ3v) is 5.85. The molecule has 6 nitrogen and oxygen atoms in total. The quantitative estimate of drug-likeness (QED) is 0.573. The van der Waals surface area contributed by atoms with Crippen LogP contribution in [0.2, 0.25) is 0 Å². The molecule has 0 radical (unpaired) electrons. The molecule has 3 N–H and O–H groups in total. The number of aliphatic imine (C=N–C) groups is 1. The van der Waals surface area contributed by atoms with Crippen LogP contribution in [0.25, 0.3) is 0 Å². The SMILES string of the molecule is CN1CCC(CN=C(N)Nc2ccc(OC(F)(F)F)cc2)(N2CCCCC2)CC1. The zero-order valence-corrected chi connectivity index (χ0v) is 16.8. The van der Waals surface area contributed by atoms with Crippen molar-refractivity contribution >= 4 is 11.6 Å². The first-order valence-corrected chi connectivity index (χ1v) is 10.1. The van der Waals surface area contributed by atoms with Crippen molar-refractivity contribution in [3.63, 3.8) is 0 Å². The van der Waals surface area contributed by atoms with Crippen molar-refractivity contribution in [3.05, 3.63) is 24.3 Å². The van der Waals surface area contributed by atoms with E-state index in [0.717, 1.165) is 39.0 Å². The summed E-state index contributed by atoms with van der Waals surface area (Å²) in [6.45, 7) is 4.91. The van der Waals surface area contributed by atoms with Crippen molar-refractivity contribution in [2.75, 3.05) is 45.1 Å². The number of ether oxygens (including phenoxy) is 1. The molecule has 29 heavy (non-hydrogen) atoms. The Balaban J connectivity index is 1.63. The van der Waals surface area contributed by atoms with Gasteiger partial charge in [-0.15, -0.1) is 13.2 Å². The molecule has 0 spiro atoms. The third kappa shape index (κ3) is 6.24. The molecule has 2 aliphatic rings. The number of alkyl halides is 3. The van der Waals surface area contributed by atoms with Crippen molar-refractivity contribution in [3.8, 4) is 5.75 Å². The highest BCUT2D eigenvalue weighted by Crippen LogP contribution is 2.32. The molecule has 1 aromatic carbocycles. The van der Waals surface area contributed by atoms with Crippen LogP contribution in [-0.2, 0) is 0 Å². The summed E-state index contributed by atoms with van der Waals surface area (Å²) in [7, 11) is 2.14. The molecular formula is C20H30F3N5O. The largest absolute Gasteiger partial charge is 0.573 e. The van der Waals surface area contributed by atoms with Crippen molar-refractivity contribution in [2.45, 2.75) is 44.0 Å². The summed E-state index contributed by atoms with van der Waals surface area (Å²) in [6.07, 6.45) is 1.15. The van der Waals surface area contributed by atoms with Gasteiger partial charge >= 0.3 is 6.36 Å². The summed E-state index contributed by atoms with van der Waals surface area (Å²) < 4.78 is 40.7. The smallest absolute Gasteiger partial charge is 0.406 e. The molecule has 0 aliphatic carbocycles. The van der Waals surface area contributed by atoms with Crippen molar-refractivity contribution in [1.82, 2.24) is 9.80 Å². The Morgan fingerprint density at radius 3 is 2.31 bits per heavy atom. The van der Waals surface area contributed by atoms with Crippen LogP contribution in [0.3, 0.4) is 0 Å². The molecule has 2 saturated heterocycles. The van der Waals surface area contributed by atoms with E-state index in [9.17, 15) is 13.2 Å². The molecule has 162 valence electrons. The maximum Gasteiger partial charge on any atom is 0.573 e. The summed E-state index contributed by atoms with van der Waals surface area (Å²) >= 11 is 0. The number of anilines is 1. The molecule has 0 saturated carbocycles. The number of rotatable bonds is 5. The number of nitrogens with one attached hydrogen (secondary N) is 1. The molecule has 2 aliphatic heterocycles. The Bertz CT molecular complexity index is 678. The van der Waals surface area contributed by atoms with Gasteiger partial charge in [-0.2, -0.15) is 0 Å². The van der Waals surface area contributed by atoms with Crippen LogP contribution in [0.15, 0.2) is 29.3 Å². The van der Waals surface area contributed by atoms with E-state index in [1.807, 2.05) is 0 Å². The van der Waals surface area contributed by atoms with E-state index in [1.165, 1.54) is 43.5 Å².